The molecule has 0 heterocycles. The fourth-order valence-corrected chi connectivity index (χ4v) is 1.02. The highest BCUT2D eigenvalue weighted by Crippen LogP contribution is 1.77. The maximum atomic E-state index is 3.37. The molecule has 0 radical (unpaired) electrons. The highest BCUT2D eigenvalue weighted by molar-refractivity contribution is 4.56. The van der Waals surface area contributed by atoms with Gasteiger partial charge in [-0.25, -0.2) is 0 Å². The van der Waals surface area contributed by atoms with Gasteiger partial charge in [0, 0.05) is 39.3 Å². The van der Waals surface area contributed by atoms with Crippen LogP contribution in [0.4, 0.5) is 0 Å². The van der Waals surface area contributed by atoms with E-state index in [2.05, 4.69) is 27.9 Å². The minimum absolute atomic E-state index is 1.04. The van der Waals surface area contributed by atoms with Crippen LogP contribution in [0.5, 0.6) is 0 Å². The van der Waals surface area contributed by atoms with E-state index in [0.717, 1.165) is 39.3 Å². The zero-order valence-electron chi connectivity index (χ0n) is 9.19. The van der Waals surface area contributed by atoms with Crippen LogP contribution in [0.15, 0.2) is 0 Å². The van der Waals surface area contributed by atoms with Crippen molar-refractivity contribution in [1.29, 1.82) is 0 Å². The summed E-state index contributed by atoms with van der Waals surface area (Å²) < 4.78 is 0. The number of hydrogen-bond acceptors (Lipinski definition) is 4. The van der Waals surface area contributed by atoms with Gasteiger partial charge < -0.3 is 20.9 Å². The Labute approximate surface area is 82.1 Å². The summed E-state index contributed by atoms with van der Waals surface area (Å²) in [6, 6.07) is 0. The number of nitrogens with zero attached hydrogens (tertiary/aromatic N) is 1. The zero-order chi connectivity index (χ0) is 9.94. The third kappa shape index (κ3) is 9.76. The lowest BCUT2D eigenvalue weighted by Gasteiger charge is -2.16. The fourth-order valence-electron chi connectivity index (χ4n) is 1.02. The molecule has 13 heavy (non-hydrogen) atoms. The first kappa shape index (κ1) is 12.8. The van der Waals surface area contributed by atoms with Gasteiger partial charge in [0.05, 0.1) is 0 Å². The lowest BCUT2D eigenvalue weighted by atomic mass is 10.5. The smallest absolute Gasteiger partial charge is 0.0104 e. The summed E-state index contributed by atoms with van der Waals surface area (Å²) in [4.78, 5) is 2.32. The number of likely N-dealkylation sites (N-methyl/N-ethyl adjacent to an activating group) is 3. The van der Waals surface area contributed by atoms with Gasteiger partial charge in [-0.05, 0) is 21.1 Å². The summed E-state index contributed by atoms with van der Waals surface area (Å²) in [6.07, 6.45) is 0. The average Bonchev–Trinajstić information content (AvgIpc) is 2.14. The van der Waals surface area contributed by atoms with Crippen molar-refractivity contribution >= 4 is 0 Å². The summed E-state index contributed by atoms with van der Waals surface area (Å²) >= 11 is 0. The van der Waals surface area contributed by atoms with Crippen LogP contribution in [-0.2, 0) is 0 Å². The van der Waals surface area contributed by atoms with E-state index in [1.54, 1.807) is 0 Å². The molecule has 0 saturated heterocycles. The van der Waals surface area contributed by atoms with Crippen LogP contribution in [-0.4, -0.2) is 65.3 Å². The Morgan fingerprint density at radius 3 is 2.08 bits per heavy atom. The minimum atomic E-state index is 1.04. The standard InChI is InChI=1S/C9H24N4/c1-10-4-5-12-7-9-13(3)8-6-11-2/h10-12H,4-9H2,1-3H3. The SMILES string of the molecule is CNCCNCCN(C)CCNC. The maximum Gasteiger partial charge on any atom is 0.0104 e. The average molecular weight is 188 g/mol. The molecular weight excluding hydrogens is 164 g/mol. The molecule has 0 saturated carbocycles. The van der Waals surface area contributed by atoms with Gasteiger partial charge in [0.2, 0.25) is 0 Å². The first-order chi connectivity index (χ1) is 6.31. The van der Waals surface area contributed by atoms with Crippen LogP contribution < -0.4 is 16.0 Å². The van der Waals surface area contributed by atoms with Crippen LogP contribution in [0.3, 0.4) is 0 Å². The number of nitrogens with one attached hydrogen (secondary N) is 3. The second kappa shape index (κ2) is 9.92. The Balaban J connectivity index is 3.03. The molecular formula is C9H24N4. The van der Waals surface area contributed by atoms with E-state index in [-0.39, 0.29) is 0 Å². The summed E-state index contributed by atoms with van der Waals surface area (Å²) in [6.45, 7) is 6.46. The molecule has 0 fully saturated rings. The van der Waals surface area contributed by atoms with Crippen molar-refractivity contribution in [3.8, 4) is 0 Å². The number of hydrogen-bond donors (Lipinski definition) is 3. The Kier molecular flexibility index (Phi) is 9.80. The molecule has 0 aromatic carbocycles. The summed E-state index contributed by atoms with van der Waals surface area (Å²) in [7, 11) is 6.11. The van der Waals surface area contributed by atoms with Gasteiger partial charge in [-0.2, -0.15) is 0 Å². The molecule has 0 amide bonds. The Morgan fingerprint density at radius 1 is 0.846 bits per heavy atom. The molecule has 0 unspecified atom stereocenters. The fraction of sp³-hybridized carbons (Fsp3) is 1.00. The van der Waals surface area contributed by atoms with E-state index in [1.807, 2.05) is 14.1 Å². The topological polar surface area (TPSA) is 39.3 Å². The molecule has 0 aromatic rings. The summed E-state index contributed by atoms with van der Waals surface area (Å²) in [5, 5.41) is 9.61. The van der Waals surface area contributed by atoms with Gasteiger partial charge in [-0.1, -0.05) is 0 Å². The van der Waals surface area contributed by atoms with Gasteiger partial charge in [0.25, 0.3) is 0 Å². The number of rotatable bonds is 9. The molecule has 0 aliphatic heterocycles. The molecule has 0 aromatic heterocycles. The van der Waals surface area contributed by atoms with E-state index < -0.39 is 0 Å². The van der Waals surface area contributed by atoms with Gasteiger partial charge in [0.15, 0.2) is 0 Å². The van der Waals surface area contributed by atoms with Crippen molar-refractivity contribution in [3.05, 3.63) is 0 Å². The largest absolute Gasteiger partial charge is 0.318 e. The molecule has 0 atom stereocenters. The zero-order valence-corrected chi connectivity index (χ0v) is 9.19. The first-order valence-corrected chi connectivity index (χ1v) is 4.99. The van der Waals surface area contributed by atoms with Crippen molar-refractivity contribution < 1.29 is 0 Å². The van der Waals surface area contributed by atoms with Crippen LogP contribution in [0.1, 0.15) is 0 Å². The Morgan fingerprint density at radius 2 is 1.46 bits per heavy atom. The lowest BCUT2D eigenvalue weighted by molar-refractivity contribution is 0.333. The highest BCUT2D eigenvalue weighted by atomic mass is 15.1. The molecule has 4 heteroatoms. The van der Waals surface area contributed by atoms with Gasteiger partial charge in [0.1, 0.15) is 0 Å². The molecule has 3 N–H and O–H groups in total. The quantitative estimate of drug-likeness (QED) is 0.404. The van der Waals surface area contributed by atoms with Crippen LogP contribution in [0, 0.1) is 0 Å². The monoisotopic (exact) mass is 188 g/mol. The van der Waals surface area contributed by atoms with Crippen LogP contribution in [0.2, 0.25) is 0 Å². The van der Waals surface area contributed by atoms with E-state index in [1.165, 1.54) is 0 Å². The van der Waals surface area contributed by atoms with Crippen molar-refractivity contribution in [2.75, 3.05) is 60.4 Å². The molecule has 0 spiro atoms. The predicted octanol–water partition coefficient (Wildman–Crippen LogP) is -1.05. The van der Waals surface area contributed by atoms with Gasteiger partial charge in [-0.15, -0.1) is 0 Å². The maximum absolute atomic E-state index is 3.37. The molecule has 80 valence electrons. The molecule has 0 rings (SSSR count). The molecule has 0 bridgehead atoms. The summed E-state index contributed by atoms with van der Waals surface area (Å²) in [5.41, 5.74) is 0. The molecule has 0 aliphatic carbocycles. The third-order valence-electron chi connectivity index (χ3n) is 1.97. The van der Waals surface area contributed by atoms with Crippen LogP contribution >= 0.6 is 0 Å². The van der Waals surface area contributed by atoms with Gasteiger partial charge >= 0.3 is 0 Å². The Bertz CT molecular complexity index is 97.6. The van der Waals surface area contributed by atoms with Crippen molar-refractivity contribution in [2.45, 2.75) is 0 Å². The minimum Gasteiger partial charge on any atom is -0.318 e. The van der Waals surface area contributed by atoms with Crippen molar-refractivity contribution in [2.24, 2.45) is 0 Å². The Hall–Kier alpha value is -0.160. The second-order valence-electron chi connectivity index (χ2n) is 3.26. The normalized spacial score (nSPS) is 11.1. The highest BCUT2D eigenvalue weighted by Gasteiger charge is 1.95. The third-order valence-corrected chi connectivity index (χ3v) is 1.97. The first-order valence-electron chi connectivity index (χ1n) is 4.99. The lowest BCUT2D eigenvalue weighted by Crippen LogP contribution is -2.35. The second-order valence-corrected chi connectivity index (χ2v) is 3.26. The predicted molar refractivity (Wildman–Crippen MR) is 58.2 cm³/mol. The van der Waals surface area contributed by atoms with E-state index >= 15 is 0 Å². The van der Waals surface area contributed by atoms with Crippen LogP contribution in [0.25, 0.3) is 0 Å². The van der Waals surface area contributed by atoms with E-state index in [0.29, 0.717) is 0 Å². The van der Waals surface area contributed by atoms with Gasteiger partial charge in [-0.3, -0.25) is 0 Å². The molecule has 0 aliphatic rings. The van der Waals surface area contributed by atoms with E-state index in [4.69, 9.17) is 0 Å². The summed E-state index contributed by atoms with van der Waals surface area (Å²) in [5.74, 6) is 0. The van der Waals surface area contributed by atoms with E-state index in [9.17, 15) is 0 Å². The van der Waals surface area contributed by atoms with Crippen molar-refractivity contribution in [1.82, 2.24) is 20.9 Å². The van der Waals surface area contributed by atoms with Crippen molar-refractivity contribution in [3.63, 3.8) is 0 Å². The molecule has 4 nitrogen and oxygen atoms in total.